The van der Waals surface area contributed by atoms with Crippen molar-refractivity contribution in [3.05, 3.63) is 52.0 Å². The number of benzene rings is 2. The molecule has 4 amide bonds. The van der Waals surface area contributed by atoms with Crippen molar-refractivity contribution in [2.45, 2.75) is 31.5 Å². The number of nitrogens with two attached hydrogens (primary N) is 1. The summed E-state index contributed by atoms with van der Waals surface area (Å²) in [4.78, 5) is 53.9. The van der Waals surface area contributed by atoms with Gasteiger partial charge in [0.1, 0.15) is 5.54 Å². The normalized spacial score (nSPS) is 28.0. The Morgan fingerprint density at radius 3 is 2.71 bits per heavy atom. The lowest BCUT2D eigenvalue weighted by Gasteiger charge is -2.29. The van der Waals surface area contributed by atoms with Crippen LogP contribution in [0.5, 0.6) is 11.5 Å². The number of carbonyl (C=O) groups excluding carboxylic acids is 4. The van der Waals surface area contributed by atoms with Gasteiger partial charge in [-0.25, -0.2) is 0 Å². The minimum absolute atomic E-state index is 0.00516. The predicted octanol–water partition coefficient (Wildman–Crippen LogP) is 1.17. The van der Waals surface area contributed by atoms with Gasteiger partial charge in [-0.3, -0.25) is 29.4 Å². The van der Waals surface area contributed by atoms with Gasteiger partial charge in [0.2, 0.25) is 30.4 Å². The molecule has 4 atom stereocenters. The van der Waals surface area contributed by atoms with Crippen LogP contribution in [0.3, 0.4) is 0 Å². The summed E-state index contributed by atoms with van der Waals surface area (Å²) in [6, 6.07) is 7.73. The number of nitrogens with zero attached hydrogens (tertiary/aromatic N) is 1. The van der Waals surface area contributed by atoms with Crippen LogP contribution < -0.4 is 25.8 Å². The second-order valence-electron chi connectivity index (χ2n) is 9.23. The number of amides is 4. The monoisotopic (exact) mass is 496 g/mol. The molecule has 0 aliphatic carbocycles. The van der Waals surface area contributed by atoms with Crippen molar-refractivity contribution < 1.29 is 28.7 Å². The third-order valence-corrected chi connectivity index (χ3v) is 7.78. The van der Waals surface area contributed by atoms with Crippen molar-refractivity contribution in [3.8, 4) is 11.5 Å². The van der Waals surface area contributed by atoms with Crippen LogP contribution in [0, 0.1) is 18.8 Å². The van der Waals surface area contributed by atoms with Crippen molar-refractivity contribution in [1.29, 1.82) is 0 Å². The zero-order valence-electron chi connectivity index (χ0n) is 18.6. The van der Waals surface area contributed by atoms with Crippen molar-refractivity contribution >= 4 is 40.9 Å². The third kappa shape index (κ3) is 2.93. The summed E-state index contributed by atoms with van der Waals surface area (Å²) in [6.07, 6.45) is -0.199. The zero-order valence-corrected chi connectivity index (χ0v) is 19.3. The molecule has 10 nitrogen and oxygen atoms in total. The average molecular weight is 497 g/mol. The molecule has 0 unspecified atom stereocenters. The van der Waals surface area contributed by atoms with Crippen LogP contribution >= 0.6 is 11.6 Å². The number of rotatable bonds is 4. The molecule has 0 radical (unpaired) electrons. The van der Waals surface area contributed by atoms with E-state index in [4.69, 9.17) is 26.8 Å². The Bertz CT molecular complexity index is 1350. The summed E-state index contributed by atoms with van der Waals surface area (Å²) >= 11 is 6.27. The highest BCUT2D eigenvalue weighted by molar-refractivity contribution is 6.32. The summed E-state index contributed by atoms with van der Waals surface area (Å²) in [5, 5.41) is 6.47. The molecule has 2 aromatic rings. The minimum Gasteiger partial charge on any atom is -0.454 e. The third-order valence-electron chi connectivity index (χ3n) is 7.37. The van der Waals surface area contributed by atoms with Gasteiger partial charge in [-0.2, -0.15) is 0 Å². The molecule has 6 rings (SSSR count). The highest BCUT2D eigenvalue weighted by atomic mass is 35.5. The largest absolute Gasteiger partial charge is 0.454 e. The van der Waals surface area contributed by atoms with Gasteiger partial charge in [0.25, 0.3) is 0 Å². The first-order chi connectivity index (χ1) is 16.7. The second kappa shape index (κ2) is 7.43. The molecule has 2 saturated heterocycles. The molecule has 2 fully saturated rings. The Balaban J connectivity index is 1.43. The van der Waals surface area contributed by atoms with E-state index >= 15 is 0 Å². The number of likely N-dealkylation sites (tertiary alicyclic amines) is 1. The van der Waals surface area contributed by atoms with E-state index < -0.39 is 47.0 Å². The summed E-state index contributed by atoms with van der Waals surface area (Å²) < 4.78 is 10.7. The van der Waals surface area contributed by atoms with E-state index in [2.05, 4.69) is 10.6 Å². The van der Waals surface area contributed by atoms with Gasteiger partial charge in [0, 0.05) is 23.0 Å². The number of anilines is 1. The molecule has 2 aromatic carbocycles. The van der Waals surface area contributed by atoms with E-state index in [9.17, 15) is 19.2 Å². The first-order valence-electron chi connectivity index (χ1n) is 11.1. The number of halogens is 1. The number of hydrogen-bond donors (Lipinski definition) is 3. The number of fused-ring (bicyclic) bond motifs is 5. The van der Waals surface area contributed by atoms with E-state index in [1.807, 2.05) is 0 Å². The lowest BCUT2D eigenvalue weighted by molar-refractivity contribution is -0.143. The second-order valence-corrected chi connectivity index (χ2v) is 9.64. The maximum atomic E-state index is 13.8. The van der Waals surface area contributed by atoms with Crippen LogP contribution in [0.4, 0.5) is 5.69 Å². The molecule has 0 bridgehead atoms. The van der Waals surface area contributed by atoms with Crippen LogP contribution in [0.15, 0.2) is 30.3 Å². The van der Waals surface area contributed by atoms with E-state index in [1.54, 1.807) is 37.3 Å². The number of ether oxygens (including phenoxy) is 2. The SMILES string of the molecule is Cc1c(Cl)ccc2c1NC(=O)[C@]21N[C@@H](CC(N)=O)[C@H]2C(=O)N(Cc3ccc4c(c3)OCO4)C(=O)[C@@H]21. The van der Waals surface area contributed by atoms with Crippen LogP contribution in [0.2, 0.25) is 5.02 Å². The first kappa shape index (κ1) is 21.9. The van der Waals surface area contributed by atoms with Gasteiger partial charge < -0.3 is 20.5 Å². The lowest BCUT2D eigenvalue weighted by Crippen LogP contribution is -2.53. The first-order valence-corrected chi connectivity index (χ1v) is 11.5. The molecular weight excluding hydrogens is 476 g/mol. The highest BCUT2D eigenvalue weighted by Gasteiger charge is 2.70. The van der Waals surface area contributed by atoms with E-state index in [1.165, 1.54) is 0 Å². The number of primary amides is 1. The van der Waals surface area contributed by atoms with Crippen molar-refractivity contribution in [2.75, 3.05) is 12.1 Å². The molecule has 11 heteroatoms. The Morgan fingerprint density at radius 1 is 1.17 bits per heavy atom. The smallest absolute Gasteiger partial charge is 0.250 e. The van der Waals surface area contributed by atoms with E-state index in [0.717, 1.165) is 4.90 Å². The minimum atomic E-state index is -1.52. The molecule has 180 valence electrons. The Hall–Kier alpha value is -3.63. The molecule has 4 N–H and O–H groups in total. The van der Waals surface area contributed by atoms with Gasteiger partial charge in [-0.1, -0.05) is 23.7 Å². The van der Waals surface area contributed by atoms with Crippen LogP contribution in [0.25, 0.3) is 0 Å². The molecule has 4 aliphatic rings. The van der Waals surface area contributed by atoms with Gasteiger partial charge in [0.15, 0.2) is 11.5 Å². The molecule has 0 aromatic heterocycles. The fourth-order valence-electron chi connectivity index (χ4n) is 5.82. The van der Waals surface area contributed by atoms with Crippen molar-refractivity contribution in [3.63, 3.8) is 0 Å². The van der Waals surface area contributed by atoms with Crippen molar-refractivity contribution in [2.24, 2.45) is 17.6 Å². The molecule has 4 aliphatic heterocycles. The Labute approximate surface area is 204 Å². The maximum Gasteiger partial charge on any atom is 0.250 e. The fraction of sp³-hybridized carbons (Fsp3) is 0.333. The van der Waals surface area contributed by atoms with Gasteiger partial charge in [-0.15, -0.1) is 0 Å². The molecular formula is C24H21ClN4O6. The summed E-state index contributed by atoms with van der Waals surface area (Å²) in [6.45, 7) is 1.86. The van der Waals surface area contributed by atoms with Crippen LogP contribution in [0.1, 0.15) is 23.1 Å². The van der Waals surface area contributed by atoms with Crippen LogP contribution in [-0.4, -0.2) is 41.4 Å². The van der Waals surface area contributed by atoms with E-state index in [0.29, 0.717) is 38.9 Å². The summed E-state index contributed by atoms with van der Waals surface area (Å²) in [5.41, 5.74) is 6.30. The Morgan fingerprint density at radius 2 is 1.94 bits per heavy atom. The zero-order chi connectivity index (χ0) is 24.6. The standard InChI is InChI=1S/C24H21ClN4O6/c1-10-13(25)4-3-12-20(10)27-23(33)24(12)19-18(14(28-24)7-17(26)30)21(31)29(22(19)32)8-11-2-5-15-16(6-11)35-9-34-15/h2-6,14,18-19,28H,7-9H2,1H3,(H2,26,30)(H,27,33)/t14-,18+,19+,24-/m0/s1. The van der Waals surface area contributed by atoms with Crippen LogP contribution in [-0.2, 0) is 31.3 Å². The quantitative estimate of drug-likeness (QED) is 0.540. The predicted molar refractivity (Wildman–Crippen MR) is 122 cm³/mol. The lowest BCUT2D eigenvalue weighted by atomic mass is 9.76. The molecule has 35 heavy (non-hydrogen) atoms. The molecule has 0 saturated carbocycles. The summed E-state index contributed by atoms with van der Waals surface area (Å²) in [7, 11) is 0. The number of hydrogen-bond acceptors (Lipinski definition) is 7. The Kier molecular flexibility index (Phi) is 4.64. The van der Waals surface area contributed by atoms with Gasteiger partial charge in [-0.05, 0) is 36.2 Å². The molecule has 4 heterocycles. The summed E-state index contributed by atoms with van der Waals surface area (Å²) in [5.74, 6) is -2.92. The van der Waals surface area contributed by atoms with Gasteiger partial charge >= 0.3 is 0 Å². The number of imide groups is 1. The topological polar surface area (TPSA) is 140 Å². The highest BCUT2D eigenvalue weighted by Crippen LogP contribution is 2.54. The van der Waals surface area contributed by atoms with E-state index in [-0.39, 0.29) is 19.8 Å². The van der Waals surface area contributed by atoms with Gasteiger partial charge in [0.05, 0.1) is 24.1 Å². The average Bonchev–Trinajstić information content (AvgIpc) is 3.53. The fourth-order valence-corrected chi connectivity index (χ4v) is 5.98. The molecule has 1 spiro atoms. The maximum absolute atomic E-state index is 13.8. The van der Waals surface area contributed by atoms with Crippen molar-refractivity contribution in [1.82, 2.24) is 10.2 Å². The number of carbonyl (C=O) groups is 4. The number of nitrogens with one attached hydrogen (secondary N) is 2.